The largest absolute Gasteiger partial charge is 0.299 e. The minimum Gasteiger partial charge on any atom is -0.299 e. The Morgan fingerprint density at radius 3 is 2.42 bits per heavy atom. The third kappa shape index (κ3) is 1.41. The number of ketones is 1. The fraction of sp³-hybridized carbons (Fsp3) is 0.909. The molecule has 0 amide bonds. The molecule has 0 heterocycles. The van der Waals surface area contributed by atoms with Crippen LogP contribution in [0.5, 0.6) is 0 Å². The van der Waals surface area contributed by atoms with Gasteiger partial charge in [0.15, 0.2) is 0 Å². The summed E-state index contributed by atoms with van der Waals surface area (Å²) < 4.78 is 0. The highest BCUT2D eigenvalue weighted by Gasteiger charge is 2.40. The van der Waals surface area contributed by atoms with Crippen molar-refractivity contribution in [1.29, 1.82) is 0 Å². The monoisotopic (exact) mass is 168 g/mol. The van der Waals surface area contributed by atoms with E-state index in [4.69, 9.17) is 0 Å². The summed E-state index contributed by atoms with van der Waals surface area (Å²) >= 11 is 0. The number of rotatable bonds is 2. The van der Waals surface area contributed by atoms with E-state index in [1.807, 2.05) is 0 Å². The fourth-order valence-electron chi connectivity index (χ4n) is 2.51. The third-order valence-corrected chi connectivity index (χ3v) is 3.57. The summed E-state index contributed by atoms with van der Waals surface area (Å²) in [7, 11) is 0. The number of carbonyl (C=O) groups excluding carboxylic acids is 1. The lowest BCUT2D eigenvalue weighted by Gasteiger charge is -2.38. The van der Waals surface area contributed by atoms with Crippen molar-refractivity contribution >= 4 is 5.78 Å². The molecule has 0 aromatic carbocycles. The minimum absolute atomic E-state index is 0.0399. The van der Waals surface area contributed by atoms with Gasteiger partial charge in [-0.1, -0.05) is 27.2 Å². The molecule has 1 rings (SSSR count). The van der Waals surface area contributed by atoms with Crippen LogP contribution in [0, 0.1) is 11.3 Å². The highest BCUT2D eigenvalue weighted by atomic mass is 16.1. The summed E-state index contributed by atoms with van der Waals surface area (Å²) in [6.07, 6.45) is 5.35. The standard InChI is InChI=1S/C11H20O/c1-4-11(9(2)3)8-6-5-7-10(11)12/h9H,4-8H2,1-3H3. The van der Waals surface area contributed by atoms with Crippen molar-refractivity contribution in [2.75, 3.05) is 0 Å². The van der Waals surface area contributed by atoms with Crippen LogP contribution in [0.3, 0.4) is 0 Å². The number of Topliss-reactive ketones (excluding diaryl/α,β-unsaturated/α-hetero) is 1. The van der Waals surface area contributed by atoms with Gasteiger partial charge in [0, 0.05) is 11.8 Å². The quantitative estimate of drug-likeness (QED) is 0.619. The first-order valence-electron chi connectivity index (χ1n) is 5.17. The maximum atomic E-state index is 11.8. The van der Waals surface area contributed by atoms with Crippen LogP contribution in [0.1, 0.15) is 52.9 Å². The molecule has 0 radical (unpaired) electrons. The molecule has 1 unspecified atom stereocenters. The van der Waals surface area contributed by atoms with Crippen LogP contribution >= 0.6 is 0 Å². The van der Waals surface area contributed by atoms with Crippen molar-refractivity contribution in [3.8, 4) is 0 Å². The molecule has 1 heteroatoms. The maximum absolute atomic E-state index is 11.8. The van der Waals surface area contributed by atoms with Crippen LogP contribution in [0.4, 0.5) is 0 Å². The normalized spacial score (nSPS) is 31.2. The molecule has 0 N–H and O–H groups in total. The molecular formula is C11H20O. The molecule has 70 valence electrons. The smallest absolute Gasteiger partial charge is 0.139 e. The van der Waals surface area contributed by atoms with Gasteiger partial charge in [0.1, 0.15) is 5.78 Å². The van der Waals surface area contributed by atoms with Gasteiger partial charge in [-0.3, -0.25) is 4.79 Å². The molecule has 1 nitrogen and oxygen atoms in total. The lowest BCUT2D eigenvalue weighted by atomic mass is 9.64. The van der Waals surface area contributed by atoms with E-state index >= 15 is 0 Å². The fourth-order valence-corrected chi connectivity index (χ4v) is 2.51. The van der Waals surface area contributed by atoms with Gasteiger partial charge in [0.25, 0.3) is 0 Å². The number of hydrogen-bond acceptors (Lipinski definition) is 1. The van der Waals surface area contributed by atoms with Crippen LogP contribution in [-0.2, 0) is 4.79 Å². The SMILES string of the molecule is CCC1(C(C)C)CCCCC1=O. The highest BCUT2D eigenvalue weighted by molar-refractivity contribution is 5.85. The van der Waals surface area contributed by atoms with Gasteiger partial charge in [-0.05, 0) is 25.2 Å². The summed E-state index contributed by atoms with van der Waals surface area (Å²) in [6.45, 7) is 6.53. The van der Waals surface area contributed by atoms with Crippen molar-refractivity contribution in [3.05, 3.63) is 0 Å². The predicted octanol–water partition coefficient (Wildman–Crippen LogP) is 3.18. The Kier molecular flexibility index (Phi) is 2.92. The molecule has 0 saturated heterocycles. The molecule has 1 aliphatic rings. The van der Waals surface area contributed by atoms with Gasteiger partial charge >= 0.3 is 0 Å². The second-order valence-corrected chi connectivity index (χ2v) is 4.29. The van der Waals surface area contributed by atoms with Gasteiger partial charge in [-0.15, -0.1) is 0 Å². The molecule has 0 aromatic rings. The zero-order chi connectivity index (χ0) is 9.19. The Bertz CT molecular complexity index is 172. The Hall–Kier alpha value is -0.330. The van der Waals surface area contributed by atoms with Crippen LogP contribution in [0.25, 0.3) is 0 Å². The van der Waals surface area contributed by atoms with Crippen molar-refractivity contribution in [1.82, 2.24) is 0 Å². The Morgan fingerprint density at radius 1 is 1.42 bits per heavy atom. The molecule has 12 heavy (non-hydrogen) atoms. The van der Waals surface area contributed by atoms with E-state index in [1.165, 1.54) is 6.42 Å². The van der Waals surface area contributed by atoms with Crippen molar-refractivity contribution in [2.45, 2.75) is 52.9 Å². The van der Waals surface area contributed by atoms with Crippen molar-refractivity contribution in [2.24, 2.45) is 11.3 Å². The molecule has 1 saturated carbocycles. The molecule has 1 atom stereocenters. The van der Waals surface area contributed by atoms with E-state index in [9.17, 15) is 4.79 Å². The Labute approximate surface area is 75.5 Å². The zero-order valence-corrected chi connectivity index (χ0v) is 8.52. The topological polar surface area (TPSA) is 17.1 Å². The first kappa shape index (κ1) is 9.76. The van der Waals surface area contributed by atoms with Crippen molar-refractivity contribution in [3.63, 3.8) is 0 Å². The van der Waals surface area contributed by atoms with E-state index < -0.39 is 0 Å². The summed E-state index contributed by atoms with van der Waals surface area (Å²) in [6, 6.07) is 0. The summed E-state index contributed by atoms with van der Waals surface area (Å²) in [4.78, 5) is 11.8. The van der Waals surface area contributed by atoms with E-state index in [0.717, 1.165) is 25.7 Å². The molecule has 0 spiro atoms. The molecule has 0 bridgehead atoms. The maximum Gasteiger partial charge on any atom is 0.139 e. The summed E-state index contributed by atoms with van der Waals surface area (Å²) in [5, 5.41) is 0. The van der Waals surface area contributed by atoms with E-state index in [-0.39, 0.29) is 5.41 Å². The highest BCUT2D eigenvalue weighted by Crippen LogP contribution is 2.42. The first-order valence-corrected chi connectivity index (χ1v) is 5.17. The van der Waals surface area contributed by atoms with Gasteiger partial charge < -0.3 is 0 Å². The number of hydrogen-bond donors (Lipinski definition) is 0. The van der Waals surface area contributed by atoms with Crippen LogP contribution in [-0.4, -0.2) is 5.78 Å². The van der Waals surface area contributed by atoms with Gasteiger partial charge in [0.2, 0.25) is 0 Å². The molecule has 0 aliphatic heterocycles. The number of carbonyl (C=O) groups is 1. The van der Waals surface area contributed by atoms with Crippen LogP contribution in [0.15, 0.2) is 0 Å². The van der Waals surface area contributed by atoms with Crippen molar-refractivity contribution < 1.29 is 4.79 Å². The van der Waals surface area contributed by atoms with E-state index in [2.05, 4.69) is 20.8 Å². The van der Waals surface area contributed by atoms with Crippen LogP contribution < -0.4 is 0 Å². The zero-order valence-electron chi connectivity index (χ0n) is 8.52. The summed E-state index contributed by atoms with van der Waals surface area (Å²) in [5.41, 5.74) is 0.0399. The minimum atomic E-state index is 0.0399. The average molecular weight is 168 g/mol. The predicted molar refractivity (Wildman–Crippen MR) is 51.0 cm³/mol. The molecule has 1 aliphatic carbocycles. The second kappa shape index (κ2) is 3.59. The molecular weight excluding hydrogens is 148 g/mol. The van der Waals surface area contributed by atoms with Gasteiger partial charge in [0.05, 0.1) is 0 Å². The summed E-state index contributed by atoms with van der Waals surface area (Å²) in [5.74, 6) is 1.04. The lowest BCUT2D eigenvalue weighted by molar-refractivity contribution is -0.134. The molecule has 1 fully saturated rings. The van der Waals surface area contributed by atoms with E-state index in [1.54, 1.807) is 0 Å². The Balaban J connectivity index is 2.81. The molecule has 0 aromatic heterocycles. The Morgan fingerprint density at radius 2 is 2.08 bits per heavy atom. The first-order chi connectivity index (χ1) is 5.63. The van der Waals surface area contributed by atoms with Gasteiger partial charge in [-0.25, -0.2) is 0 Å². The lowest BCUT2D eigenvalue weighted by Crippen LogP contribution is -2.38. The second-order valence-electron chi connectivity index (χ2n) is 4.29. The average Bonchev–Trinajstić information content (AvgIpc) is 2.05. The van der Waals surface area contributed by atoms with E-state index in [0.29, 0.717) is 11.7 Å². The third-order valence-electron chi connectivity index (χ3n) is 3.57. The van der Waals surface area contributed by atoms with Gasteiger partial charge in [-0.2, -0.15) is 0 Å². The van der Waals surface area contributed by atoms with Crippen LogP contribution in [0.2, 0.25) is 0 Å².